The van der Waals surface area contributed by atoms with E-state index in [0.717, 1.165) is 44.5 Å². The van der Waals surface area contributed by atoms with Crippen LogP contribution in [0.1, 0.15) is 37.2 Å². The van der Waals surface area contributed by atoms with Gasteiger partial charge in [-0.3, -0.25) is 0 Å². The summed E-state index contributed by atoms with van der Waals surface area (Å²) >= 11 is 0. The van der Waals surface area contributed by atoms with E-state index < -0.39 is 0 Å². The minimum absolute atomic E-state index is 0.119. The van der Waals surface area contributed by atoms with E-state index in [1.54, 1.807) is 0 Å². The lowest BCUT2D eigenvalue weighted by molar-refractivity contribution is 0.181. The molecular formula is C15H21N3O. The lowest BCUT2D eigenvalue weighted by atomic mass is 9.89. The number of anilines is 1. The third kappa shape index (κ3) is 3.00. The second-order valence-corrected chi connectivity index (χ2v) is 5.66. The molecule has 1 heterocycles. The maximum Gasteiger partial charge on any atom is 0.317 e. The average molecular weight is 259 g/mol. The van der Waals surface area contributed by atoms with Gasteiger partial charge in [0, 0.05) is 24.8 Å². The van der Waals surface area contributed by atoms with Gasteiger partial charge in [0.2, 0.25) is 0 Å². The van der Waals surface area contributed by atoms with Gasteiger partial charge in [-0.25, -0.2) is 4.79 Å². The minimum Gasteiger partial charge on any atom is -0.399 e. The molecule has 2 aliphatic rings. The number of piperidine rings is 1. The molecule has 1 aromatic rings. The number of benzene rings is 1. The molecule has 0 atom stereocenters. The summed E-state index contributed by atoms with van der Waals surface area (Å²) < 4.78 is 0. The van der Waals surface area contributed by atoms with Crippen molar-refractivity contribution in [1.29, 1.82) is 0 Å². The third-order valence-electron chi connectivity index (χ3n) is 4.07. The van der Waals surface area contributed by atoms with Gasteiger partial charge in [0.1, 0.15) is 0 Å². The topological polar surface area (TPSA) is 58.4 Å². The molecule has 1 aliphatic heterocycles. The molecule has 1 aromatic carbocycles. The van der Waals surface area contributed by atoms with Crippen LogP contribution in [0.3, 0.4) is 0 Å². The summed E-state index contributed by atoms with van der Waals surface area (Å²) in [5, 5.41) is 3.05. The highest BCUT2D eigenvalue weighted by molar-refractivity contribution is 5.75. The molecule has 0 spiro atoms. The van der Waals surface area contributed by atoms with Crippen LogP contribution in [-0.2, 0) is 0 Å². The van der Waals surface area contributed by atoms with Gasteiger partial charge in [-0.05, 0) is 49.3 Å². The van der Waals surface area contributed by atoms with Gasteiger partial charge in [0.05, 0.1) is 0 Å². The quantitative estimate of drug-likeness (QED) is 0.801. The maximum absolute atomic E-state index is 11.9. The number of carbonyl (C=O) groups is 1. The Morgan fingerprint density at radius 1 is 1.21 bits per heavy atom. The number of nitrogens with two attached hydrogens (primary N) is 1. The summed E-state index contributed by atoms with van der Waals surface area (Å²) in [6.45, 7) is 1.69. The van der Waals surface area contributed by atoms with Crippen LogP contribution in [0.5, 0.6) is 0 Å². The fourth-order valence-electron chi connectivity index (χ4n) is 2.72. The normalized spacial score (nSPS) is 20.3. The first-order valence-corrected chi connectivity index (χ1v) is 7.13. The number of hydrogen-bond acceptors (Lipinski definition) is 2. The number of hydrogen-bond donors (Lipinski definition) is 2. The first kappa shape index (κ1) is 12.3. The van der Waals surface area contributed by atoms with E-state index in [9.17, 15) is 4.79 Å². The number of rotatable bonds is 2. The fourth-order valence-corrected chi connectivity index (χ4v) is 2.72. The molecule has 4 heteroatoms. The van der Waals surface area contributed by atoms with Crippen LogP contribution in [0, 0.1) is 0 Å². The summed E-state index contributed by atoms with van der Waals surface area (Å²) in [7, 11) is 0. The minimum atomic E-state index is 0.119. The van der Waals surface area contributed by atoms with E-state index in [4.69, 9.17) is 5.73 Å². The summed E-state index contributed by atoms with van der Waals surface area (Å²) in [5.41, 5.74) is 7.96. The highest BCUT2D eigenvalue weighted by atomic mass is 16.2. The van der Waals surface area contributed by atoms with E-state index in [0.29, 0.717) is 12.0 Å². The Bertz CT molecular complexity index is 462. The standard InChI is InChI=1S/C15H21N3O/c16-13-3-1-2-12(10-13)11-6-8-18(9-7-11)15(19)17-14-4-5-14/h1-3,10-11,14H,4-9,16H2,(H,17,19). The number of urea groups is 1. The Kier molecular flexibility index (Phi) is 3.32. The fraction of sp³-hybridized carbons (Fsp3) is 0.533. The molecule has 1 saturated heterocycles. The van der Waals surface area contributed by atoms with Gasteiger partial charge >= 0.3 is 6.03 Å². The van der Waals surface area contributed by atoms with Crippen molar-refractivity contribution < 1.29 is 4.79 Å². The van der Waals surface area contributed by atoms with Gasteiger partial charge in [0.15, 0.2) is 0 Å². The van der Waals surface area contributed by atoms with Crippen molar-refractivity contribution >= 4 is 11.7 Å². The van der Waals surface area contributed by atoms with E-state index in [2.05, 4.69) is 17.4 Å². The molecule has 4 nitrogen and oxygen atoms in total. The molecule has 102 valence electrons. The van der Waals surface area contributed by atoms with E-state index in [1.165, 1.54) is 5.56 Å². The molecule has 0 radical (unpaired) electrons. The van der Waals surface area contributed by atoms with Crippen molar-refractivity contribution in [1.82, 2.24) is 10.2 Å². The summed E-state index contributed by atoms with van der Waals surface area (Å²) in [6, 6.07) is 8.69. The Morgan fingerprint density at radius 2 is 1.95 bits per heavy atom. The monoisotopic (exact) mass is 259 g/mol. The average Bonchev–Trinajstić information content (AvgIpc) is 3.23. The van der Waals surface area contributed by atoms with Crippen LogP contribution >= 0.6 is 0 Å². The second-order valence-electron chi connectivity index (χ2n) is 5.66. The highest BCUT2D eigenvalue weighted by Gasteiger charge is 2.28. The van der Waals surface area contributed by atoms with Crippen molar-refractivity contribution in [2.24, 2.45) is 0 Å². The third-order valence-corrected chi connectivity index (χ3v) is 4.07. The highest BCUT2D eigenvalue weighted by Crippen LogP contribution is 2.29. The summed E-state index contributed by atoms with van der Waals surface area (Å²) in [6.07, 6.45) is 4.35. The number of nitrogens with zero attached hydrogens (tertiary/aromatic N) is 1. The van der Waals surface area contributed by atoms with Gasteiger partial charge in [-0.2, -0.15) is 0 Å². The van der Waals surface area contributed by atoms with Gasteiger partial charge < -0.3 is 16.0 Å². The van der Waals surface area contributed by atoms with Crippen molar-refractivity contribution in [3.8, 4) is 0 Å². The Morgan fingerprint density at radius 3 is 2.58 bits per heavy atom. The summed E-state index contributed by atoms with van der Waals surface area (Å²) in [5.74, 6) is 0.536. The maximum atomic E-state index is 11.9. The largest absolute Gasteiger partial charge is 0.399 e. The zero-order valence-corrected chi connectivity index (χ0v) is 11.1. The van der Waals surface area contributed by atoms with E-state index in [1.807, 2.05) is 17.0 Å². The number of amides is 2. The SMILES string of the molecule is Nc1cccc(C2CCN(C(=O)NC3CC3)CC2)c1. The number of nitrogens with one attached hydrogen (secondary N) is 1. The molecule has 2 fully saturated rings. The Balaban J connectivity index is 1.55. The van der Waals surface area contributed by atoms with Crippen LogP contribution < -0.4 is 11.1 Å². The molecule has 3 rings (SSSR count). The molecule has 2 amide bonds. The first-order chi connectivity index (χ1) is 9.22. The number of carbonyl (C=O) groups excluding carboxylic acids is 1. The Hall–Kier alpha value is -1.71. The zero-order chi connectivity index (χ0) is 13.2. The Labute approximate surface area is 114 Å². The van der Waals surface area contributed by atoms with Gasteiger partial charge in [-0.15, -0.1) is 0 Å². The van der Waals surface area contributed by atoms with Gasteiger partial charge in [-0.1, -0.05) is 12.1 Å². The van der Waals surface area contributed by atoms with Crippen LogP contribution in [0.2, 0.25) is 0 Å². The van der Waals surface area contributed by atoms with E-state index in [-0.39, 0.29) is 6.03 Å². The molecule has 1 saturated carbocycles. The van der Waals surface area contributed by atoms with Crippen molar-refractivity contribution in [2.45, 2.75) is 37.6 Å². The molecule has 0 aromatic heterocycles. The lowest BCUT2D eigenvalue weighted by Crippen LogP contribution is -2.44. The van der Waals surface area contributed by atoms with Crippen molar-refractivity contribution in [2.75, 3.05) is 18.8 Å². The molecule has 3 N–H and O–H groups in total. The molecule has 0 unspecified atom stereocenters. The number of likely N-dealkylation sites (tertiary alicyclic amines) is 1. The van der Waals surface area contributed by atoms with Crippen LogP contribution in [0.15, 0.2) is 24.3 Å². The zero-order valence-electron chi connectivity index (χ0n) is 11.1. The molecule has 19 heavy (non-hydrogen) atoms. The summed E-state index contributed by atoms with van der Waals surface area (Å²) in [4.78, 5) is 13.9. The van der Waals surface area contributed by atoms with Crippen LogP contribution in [0.4, 0.5) is 10.5 Å². The molecule has 0 bridgehead atoms. The predicted molar refractivity (Wildman–Crippen MR) is 76.0 cm³/mol. The van der Waals surface area contributed by atoms with E-state index >= 15 is 0 Å². The lowest BCUT2D eigenvalue weighted by Gasteiger charge is -2.32. The van der Waals surface area contributed by atoms with Gasteiger partial charge in [0.25, 0.3) is 0 Å². The van der Waals surface area contributed by atoms with Crippen molar-refractivity contribution in [3.05, 3.63) is 29.8 Å². The number of nitrogen functional groups attached to an aromatic ring is 1. The first-order valence-electron chi connectivity index (χ1n) is 7.13. The van der Waals surface area contributed by atoms with Crippen molar-refractivity contribution in [3.63, 3.8) is 0 Å². The van der Waals surface area contributed by atoms with Crippen LogP contribution in [-0.4, -0.2) is 30.1 Å². The molecule has 1 aliphatic carbocycles. The predicted octanol–water partition coefficient (Wildman–Crippen LogP) is 2.32. The van der Waals surface area contributed by atoms with Crippen LogP contribution in [0.25, 0.3) is 0 Å². The second kappa shape index (κ2) is 5.11. The smallest absolute Gasteiger partial charge is 0.317 e. The molecular weight excluding hydrogens is 238 g/mol.